The summed E-state index contributed by atoms with van der Waals surface area (Å²) in [4.78, 5) is 16.6. The van der Waals surface area contributed by atoms with Crippen LogP contribution in [0.1, 0.15) is 22.3 Å². The topological polar surface area (TPSA) is 60.5 Å². The molecule has 3 aromatic rings. The summed E-state index contributed by atoms with van der Waals surface area (Å²) in [5, 5.41) is 3.29. The number of nitrogens with one attached hydrogen (secondary N) is 1. The van der Waals surface area contributed by atoms with Crippen LogP contribution in [0.5, 0.6) is 17.2 Å². The summed E-state index contributed by atoms with van der Waals surface area (Å²) >= 11 is 9.62. The fourth-order valence-corrected chi connectivity index (χ4v) is 3.46. The van der Waals surface area contributed by atoms with Gasteiger partial charge in [-0.3, -0.25) is 4.79 Å². The fraction of sp³-hybridized carbons (Fsp3) is 0.143. The van der Waals surface area contributed by atoms with Gasteiger partial charge in [0, 0.05) is 11.6 Å². The molecule has 0 aliphatic carbocycles. The summed E-state index contributed by atoms with van der Waals surface area (Å²) in [6, 6.07) is 15.8. The average molecular weight is 460 g/mol. The lowest BCUT2D eigenvalue weighted by Crippen LogP contribution is -2.12. The summed E-state index contributed by atoms with van der Waals surface area (Å²) in [6.45, 7) is 0.699. The number of pyridine rings is 1. The number of hydrogen-bond donors (Lipinski definition) is 1. The molecule has 142 valence electrons. The van der Waals surface area contributed by atoms with Gasteiger partial charge in [0.05, 0.1) is 11.6 Å². The number of rotatable bonds is 4. The largest absolute Gasteiger partial charge is 0.493 e. The van der Waals surface area contributed by atoms with Gasteiger partial charge in [-0.05, 0) is 76.8 Å². The predicted molar refractivity (Wildman–Crippen MR) is 112 cm³/mol. The second kappa shape index (κ2) is 8.20. The minimum absolute atomic E-state index is 0.252. The fourth-order valence-electron chi connectivity index (χ4n) is 2.90. The molecule has 0 saturated heterocycles. The highest BCUT2D eigenvalue weighted by atomic mass is 79.9. The number of halogens is 2. The first-order valence-electron chi connectivity index (χ1n) is 8.75. The molecule has 7 heteroatoms. The van der Waals surface area contributed by atoms with Crippen LogP contribution in [0.25, 0.3) is 0 Å². The number of carbonyl (C=O) groups excluding carboxylic acids is 1. The standard InChI is InChI=1S/C21H16BrClN2O3/c22-19-4-1-5-20(24-19)25-21(26)13-6-8-15(9-7-13)28-18-12-17-14(11-16(18)23)3-2-10-27-17/h1,4-9,11-12H,2-3,10H2,(H,24,25,26). The third-order valence-corrected chi connectivity index (χ3v) is 5.00. The smallest absolute Gasteiger partial charge is 0.256 e. The van der Waals surface area contributed by atoms with Crippen LogP contribution in [-0.2, 0) is 6.42 Å². The van der Waals surface area contributed by atoms with E-state index in [2.05, 4.69) is 26.2 Å². The number of ether oxygens (including phenoxy) is 2. The highest BCUT2D eigenvalue weighted by Crippen LogP contribution is 2.37. The number of hydrogen-bond acceptors (Lipinski definition) is 4. The van der Waals surface area contributed by atoms with Crippen LogP contribution in [0, 0.1) is 0 Å². The second-order valence-electron chi connectivity index (χ2n) is 6.27. The van der Waals surface area contributed by atoms with Crippen LogP contribution in [-0.4, -0.2) is 17.5 Å². The zero-order chi connectivity index (χ0) is 19.5. The van der Waals surface area contributed by atoms with Crippen molar-refractivity contribution in [3.05, 3.63) is 75.4 Å². The molecule has 0 spiro atoms. The molecule has 1 aliphatic heterocycles. The summed E-state index contributed by atoms with van der Waals surface area (Å²) in [6.07, 6.45) is 1.94. The number of nitrogens with zero attached hydrogens (tertiary/aromatic N) is 1. The van der Waals surface area contributed by atoms with Crippen molar-refractivity contribution in [1.29, 1.82) is 0 Å². The van der Waals surface area contributed by atoms with E-state index in [1.165, 1.54) is 0 Å². The van der Waals surface area contributed by atoms with Gasteiger partial charge in [0.2, 0.25) is 0 Å². The molecule has 0 fully saturated rings. The first kappa shape index (κ1) is 18.8. The number of benzene rings is 2. The molecule has 1 N–H and O–H groups in total. The van der Waals surface area contributed by atoms with Gasteiger partial charge in [0.15, 0.2) is 0 Å². The molecule has 1 aromatic heterocycles. The minimum atomic E-state index is -0.252. The van der Waals surface area contributed by atoms with E-state index >= 15 is 0 Å². The number of carbonyl (C=O) groups is 1. The van der Waals surface area contributed by atoms with E-state index in [-0.39, 0.29) is 5.91 Å². The SMILES string of the molecule is O=C(Nc1cccc(Br)n1)c1ccc(Oc2cc3c(cc2Cl)CCCO3)cc1. The summed E-state index contributed by atoms with van der Waals surface area (Å²) in [7, 11) is 0. The lowest BCUT2D eigenvalue weighted by atomic mass is 10.1. The average Bonchev–Trinajstić information content (AvgIpc) is 2.69. The van der Waals surface area contributed by atoms with Gasteiger partial charge in [-0.25, -0.2) is 4.98 Å². The summed E-state index contributed by atoms with van der Waals surface area (Å²) < 4.78 is 12.2. The summed E-state index contributed by atoms with van der Waals surface area (Å²) in [5.74, 6) is 2.13. The Bertz CT molecular complexity index is 1020. The maximum atomic E-state index is 12.4. The van der Waals surface area contributed by atoms with Gasteiger partial charge < -0.3 is 14.8 Å². The molecular weight excluding hydrogens is 444 g/mol. The van der Waals surface area contributed by atoms with Crippen molar-refractivity contribution in [2.75, 3.05) is 11.9 Å². The molecule has 1 amide bonds. The lowest BCUT2D eigenvalue weighted by molar-refractivity contribution is 0.102. The molecule has 2 heterocycles. The molecular formula is C21H16BrClN2O3. The molecule has 0 bridgehead atoms. The Balaban J connectivity index is 1.47. The minimum Gasteiger partial charge on any atom is -0.493 e. The number of anilines is 1. The van der Waals surface area contributed by atoms with Gasteiger partial charge in [-0.15, -0.1) is 0 Å². The van der Waals surface area contributed by atoms with E-state index in [1.54, 1.807) is 42.5 Å². The Kier molecular flexibility index (Phi) is 5.50. The maximum absolute atomic E-state index is 12.4. The molecule has 0 unspecified atom stereocenters. The van der Waals surface area contributed by atoms with E-state index in [4.69, 9.17) is 21.1 Å². The van der Waals surface area contributed by atoms with Crippen molar-refractivity contribution in [3.63, 3.8) is 0 Å². The zero-order valence-electron chi connectivity index (χ0n) is 14.7. The van der Waals surface area contributed by atoms with Crippen molar-refractivity contribution < 1.29 is 14.3 Å². The molecule has 4 rings (SSSR count). The highest BCUT2D eigenvalue weighted by molar-refractivity contribution is 9.10. The maximum Gasteiger partial charge on any atom is 0.256 e. The Labute approximate surface area is 175 Å². The van der Waals surface area contributed by atoms with Crippen LogP contribution in [0.4, 0.5) is 5.82 Å². The van der Waals surface area contributed by atoms with Gasteiger partial charge in [-0.1, -0.05) is 17.7 Å². The highest BCUT2D eigenvalue weighted by Gasteiger charge is 2.15. The normalized spacial score (nSPS) is 12.6. The van der Waals surface area contributed by atoms with E-state index < -0.39 is 0 Å². The Hall–Kier alpha value is -2.57. The third-order valence-electron chi connectivity index (χ3n) is 4.26. The number of aryl methyl sites for hydroxylation is 1. The Morgan fingerprint density at radius 1 is 1.18 bits per heavy atom. The van der Waals surface area contributed by atoms with Crippen LogP contribution in [0.2, 0.25) is 5.02 Å². The zero-order valence-corrected chi connectivity index (χ0v) is 17.1. The van der Waals surface area contributed by atoms with Gasteiger partial charge >= 0.3 is 0 Å². The molecule has 2 aromatic carbocycles. The van der Waals surface area contributed by atoms with Crippen molar-refractivity contribution in [2.45, 2.75) is 12.8 Å². The van der Waals surface area contributed by atoms with E-state index in [9.17, 15) is 4.79 Å². The van der Waals surface area contributed by atoms with Crippen LogP contribution in [0.3, 0.4) is 0 Å². The van der Waals surface area contributed by atoms with Crippen LogP contribution >= 0.6 is 27.5 Å². The quantitative estimate of drug-likeness (QED) is 0.496. The molecule has 28 heavy (non-hydrogen) atoms. The van der Waals surface area contributed by atoms with E-state index in [1.807, 2.05) is 12.1 Å². The number of aromatic nitrogens is 1. The van der Waals surface area contributed by atoms with Crippen molar-refractivity contribution >= 4 is 39.3 Å². The number of fused-ring (bicyclic) bond motifs is 1. The lowest BCUT2D eigenvalue weighted by Gasteiger charge is -2.19. The molecule has 1 aliphatic rings. The Morgan fingerprint density at radius 2 is 2.00 bits per heavy atom. The van der Waals surface area contributed by atoms with Crippen molar-refractivity contribution in [2.24, 2.45) is 0 Å². The molecule has 0 atom stereocenters. The third kappa shape index (κ3) is 4.29. The monoisotopic (exact) mass is 458 g/mol. The summed E-state index contributed by atoms with van der Waals surface area (Å²) in [5.41, 5.74) is 1.59. The first-order chi connectivity index (χ1) is 13.6. The molecule has 0 saturated carbocycles. The van der Waals surface area contributed by atoms with Crippen LogP contribution < -0.4 is 14.8 Å². The van der Waals surface area contributed by atoms with E-state index in [0.717, 1.165) is 24.2 Å². The van der Waals surface area contributed by atoms with E-state index in [0.29, 0.717) is 39.1 Å². The van der Waals surface area contributed by atoms with Gasteiger partial charge in [0.25, 0.3) is 5.91 Å². The molecule has 5 nitrogen and oxygen atoms in total. The predicted octanol–water partition coefficient (Wildman–Crippen LogP) is 5.87. The Morgan fingerprint density at radius 3 is 2.79 bits per heavy atom. The van der Waals surface area contributed by atoms with Crippen molar-refractivity contribution in [3.8, 4) is 17.2 Å². The van der Waals surface area contributed by atoms with Gasteiger partial charge in [-0.2, -0.15) is 0 Å². The molecule has 0 radical (unpaired) electrons. The number of amides is 1. The second-order valence-corrected chi connectivity index (χ2v) is 7.49. The van der Waals surface area contributed by atoms with Gasteiger partial charge in [0.1, 0.15) is 27.7 Å². The first-order valence-corrected chi connectivity index (χ1v) is 9.92. The van der Waals surface area contributed by atoms with Crippen LogP contribution in [0.15, 0.2) is 59.2 Å². The van der Waals surface area contributed by atoms with Crippen molar-refractivity contribution in [1.82, 2.24) is 4.98 Å².